The first-order valence-electron chi connectivity index (χ1n) is 11.0. The van der Waals surface area contributed by atoms with Crippen LogP contribution in [0.4, 0.5) is 5.82 Å². The lowest BCUT2D eigenvalue weighted by Gasteiger charge is -2.16. The fourth-order valence-corrected chi connectivity index (χ4v) is 5.18. The largest absolute Gasteiger partial charge is 0.493 e. The minimum atomic E-state index is -3.24. The van der Waals surface area contributed by atoms with Crippen molar-refractivity contribution in [3.63, 3.8) is 0 Å². The summed E-state index contributed by atoms with van der Waals surface area (Å²) in [4.78, 5) is 11.4. The molecule has 4 aromatic rings. The summed E-state index contributed by atoms with van der Waals surface area (Å²) in [5.74, 6) is 2.62. The van der Waals surface area contributed by atoms with Gasteiger partial charge in [0.05, 0.1) is 32.0 Å². The Balaban J connectivity index is 1.59. The van der Waals surface area contributed by atoms with E-state index in [-0.39, 0.29) is 12.6 Å². The standard InChI is InChI=1S/C25H28N4O4S2/c1-15(27-25-19-12-21(32-3)22(33-4)13-20(19)28-16(2)29-25)23-9-10-24(34-23)18-8-6-7-17(11-18)14-26-35(5,30)31/h6-13,15,26H,14H2,1-5H3,(H,27,28,29)/t15-/m0/s1. The van der Waals surface area contributed by atoms with Gasteiger partial charge in [-0.1, -0.05) is 18.2 Å². The van der Waals surface area contributed by atoms with Crippen LogP contribution >= 0.6 is 11.3 Å². The van der Waals surface area contributed by atoms with Gasteiger partial charge in [-0.05, 0) is 49.2 Å². The zero-order valence-electron chi connectivity index (χ0n) is 20.2. The molecule has 0 unspecified atom stereocenters. The summed E-state index contributed by atoms with van der Waals surface area (Å²) < 4.78 is 36.3. The van der Waals surface area contributed by atoms with Crippen molar-refractivity contribution >= 4 is 38.1 Å². The fraction of sp³-hybridized carbons (Fsp3) is 0.280. The molecule has 0 aliphatic rings. The van der Waals surface area contributed by atoms with Crippen LogP contribution in [0.5, 0.6) is 11.5 Å². The van der Waals surface area contributed by atoms with Crippen LogP contribution in [-0.2, 0) is 16.6 Å². The molecule has 0 aliphatic heterocycles. The second kappa shape index (κ2) is 10.2. The van der Waals surface area contributed by atoms with Gasteiger partial charge in [0.15, 0.2) is 11.5 Å². The second-order valence-corrected chi connectivity index (χ2v) is 11.2. The maximum Gasteiger partial charge on any atom is 0.209 e. The minimum Gasteiger partial charge on any atom is -0.493 e. The third-order valence-corrected chi connectivity index (χ3v) is 7.46. The normalized spacial score (nSPS) is 12.5. The van der Waals surface area contributed by atoms with Gasteiger partial charge >= 0.3 is 0 Å². The van der Waals surface area contributed by atoms with Crippen molar-refractivity contribution < 1.29 is 17.9 Å². The summed E-state index contributed by atoms with van der Waals surface area (Å²) in [7, 11) is -0.0374. The van der Waals surface area contributed by atoms with Gasteiger partial charge in [0.1, 0.15) is 11.6 Å². The number of rotatable bonds is 9. The number of hydrogen-bond donors (Lipinski definition) is 2. The van der Waals surface area contributed by atoms with E-state index in [1.165, 1.54) is 0 Å². The highest BCUT2D eigenvalue weighted by Gasteiger charge is 2.16. The molecule has 4 rings (SSSR count). The molecule has 2 aromatic heterocycles. The molecular weight excluding hydrogens is 484 g/mol. The Labute approximate surface area is 209 Å². The van der Waals surface area contributed by atoms with Gasteiger partial charge in [-0.3, -0.25) is 0 Å². The van der Waals surface area contributed by atoms with Crippen molar-refractivity contribution in [1.29, 1.82) is 0 Å². The summed E-state index contributed by atoms with van der Waals surface area (Å²) in [5, 5.41) is 4.38. The van der Waals surface area contributed by atoms with E-state index in [2.05, 4.69) is 39.1 Å². The predicted octanol–water partition coefficient (Wildman–Crippen LogP) is 4.91. The van der Waals surface area contributed by atoms with Crippen molar-refractivity contribution in [2.75, 3.05) is 25.8 Å². The number of hydrogen-bond acceptors (Lipinski definition) is 8. The molecule has 8 nitrogen and oxygen atoms in total. The van der Waals surface area contributed by atoms with Crippen LogP contribution in [0.2, 0.25) is 0 Å². The van der Waals surface area contributed by atoms with E-state index in [0.717, 1.165) is 43.9 Å². The molecule has 0 saturated heterocycles. The maximum atomic E-state index is 11.4. The Morgan fingerprint density at radius 3 is 2.49 bits per heavy atom. The molecule has 0 radical (unpaired) electrons. The third-order valence-electron chi connectivity index (χ3n) is 5.47. The first-order valence-corrected chi connectivity index (χ1v) is 13.7. The monoisotopic (exact) mass is 512 g/mol. The van der Waals surface area contributed by atoms with Crippen LogP contribution in [-0.4, -0.2) is 38.9 Å². The molecule has 0 saturated carbocycles. The topological polar surface area (TPSA) is 102 Å². The Morgan fingerprint density at radius 1 is 1.03 bits per heavy atom. The predicted molar refractivity (Wildman–Crippen MR) is 141 cm³/mol. The number of thiophene rings is 1. The van der Waals surface area contributed by atoms with E-state index in [1.54, 1.807) is 25.6 Å². The number of anilines is 1. The van der Waals surface area contributed by atoms with Crippen molar-refractivity contribution in [3.8, 4) is 21.9 Å². The van der Waals surface area contributed by atoms with Gasteiger partial charge in [0, 0.05) is 27.8 Å². The molecule has 0 spiro atoms. The van der Waals surface area contributed by atoms with E-state index >= 15 is 0 Å². The number of benzene rings is 2. The van der Waals surface area contributed by atoms with Crippen LogP contribution in [0.25, 0.3) is 21.3 Å². The molecule has 2 heterocycles. The molecule has 0 amide bonds. The van der Waals surface area contributed by atoms with Gasteiger partial charge in [-0.25, -0.2) is 23.1 Å². The Morgan fingerprint density at radius 2 is 1.77 bits per heavy atom. The number of sulfonamides is 1. The molecule has 0 bridgehead atoms. The van der Waals surface area contributed by atoms with Crippen molar-refractivity contribution in [1.82, 2.24) is 14.7 Å². The lowest BCUT2D eigenvalue weighted by molar-refractivity contribution is 0.356. The fourth-order valence-electron chi connectivity index (χ4n) is 3.75. The SMILES string of the molecule is COc1cc2nc(C)nc(N[C@@H](C)c3ccc(-c4cccc(CNS(C)(=O)=O)c4)s3)c2cc1OC. The van der Waals surface area contributed by atoms with Gasteiger partial charge < -0.3 is 14.8 Å². The lowest BCUT2D eigenvalue weighted by atomic mass is 10.1. The van der Waals surface area contributed by atoms with Crippen LogP contribution in [0, 0.1) is 6.92 Å². The zero-order valence-corrected chi connectivity index (χ0v) is 21.9. The first kappa shape index (κ1) is 24.9. The van der Waals surface area contributed by atoms with Crippen LogP contribution in [0.15, 0.2) is 48.5 Å². The summed E-state index contributed by atoms with van der Waals surface area (Å²) in [5.41, 5.74) is 2.72. The molecular formula is C25H28N4O4S2. The molecule has 1 atom stereocenters. The number of ether oxygens (including phenoxy) is 2. The second-order valence-electron chi connectivity index (χ2n) is 8.21. The van der Waals surface area contributed by atoms with Crippen LogP contribution < -0.4 is 19.5 Å². The zero-order chi connectivity index (χ0) is 25.2. The quantitative estimate of drug-likeness (QED) is 0.329. The smallest absolute Gasteiger partial charge is 0.209 e. The van der Waals surface area contributed by atoms with E-state index in [4.69, 9.17) is 9.47 Å². The average molecular weight is 513 g/mol. The maximum absolute atomic E-state index is 11.4. The highest BCUT2D eigenvalue weighted by atomic mass is 32.2. The average Bonchev–Trinajstić information content (AvgIpc) is 3.32. The summed E-state index contributed by atoms with van der Waals surface area (Å²) >= 11 is 1.68. The van der Waals surface area contributed by atoms with E-state index in [9.17, 15) is 8.42 Å². The molecule has 2 N–H and O–H groups in total. The number of aromatic nitrogens is 2. The molecule has 184 valence electrons. The summed E-state index contributed by atoms with van der Waals surface area (Å²) in [6, 6.07) is 15.8. The molecule has 2 aromatic carbocycles. The Hall–Kier alpha value is -3.21. The molecule has 10 heteroatoms. The number of aryl methyl sites for hydroxylation is 1. The summed E-state index contributed by atoms with van der Waals surface area (Å²) in [6.45, 7) is 4.21. The first-order chi connectivity index (χ1) is 16.7. The highest BCUT2D eigenvalue weighted by molar-refractivity contribution is 7.88. The van der Waals surface area contributed by atoms with Crippen molar-refractivity contribution in [2.24, 2.45) is 0 Å². The van der Waals surface area contributed by atoms with Crippen molar-refractivity contribution in [3.05, 3.63) is 64.8 Å². The van der Waals surface area contributed by atoms with Crippen LogP contribution in [0.1, 0.15) is 29.2 Å². The van der Waals surface area contributed by atoms with Gasteiger partial charge in [-0.15, -0.1) is 11.3 Å². The van der Waals surface area contributed by atoms with Gasteiger partial charge in [0.2, 0.25) is 10.0 Å². The lowest BCUT2D eigenvalue weighted by Crippen LogP contribution is -2.21. The Bertz CT molecular complexity index is 1470. The number of nitrogens with zero attached hydrogens (tertiary/aromatic N) is 2. The molecule has 0 aliphatic carbocycles. The third kappa shape index (κ3) is 5.90. The summed E-state index contributed by atoms with van der Waals surface area (Å²) in [6.07, 6.45) is 1.16. The Kier molecular flexibility index (Phi) is 7.25. The number of fused-ring (bicyclic) bond motifs is 1. The minimum absolute atomic E-state index is 0.00516. The van der Waals surface area contributed by atoms with Crippen molar-refractivity contribution in [2.45, 2.75) is 26.4 Å². The number of methoxy groups -OCH3 is 2. The van der Waals surface area contributed by atoms with Crippen LogP contribution in [0.3, 0.4) is 0 Å². The van der Waals surface area contributed by atoms with E-state index < -0.39 is 10.0 Å². The molecule has 35 heavy (non-hydrogen) atoms. The van der Waals surface area contributed by atoms with Gasteiger partial charge in [-0.2, -0.15) is 0 Å². The van der Waals surface area contributed by atoms with E-state index in [0.29, 0.717) is 17.3 Å². The molecule has 0 fully saturated rings. The van der Waals surface area contributed by atoms with Gasteiger partial charge in [0.25, 0.3) is 0 Å². The number of nitrogens with one attached hydrogen (secondary N) is 2. The van der Waals surface area contributed by atoms with E-state index in [1.807, 2.05) is 43.3 Å². The highest BCUT2D eigenvalue weighted by Crippen LogP contribution is 2.37.